The summed E-state index contributed by atoms with van der Waals surface area (Å²) in [5.41, 5.74) is 1.10. The molecule has 0 fully saturated rings. The SMILES string of the molecule is CCc1ccccc1OCC(=O)c1ccco1. The Hall–Kier alpha value is -2.03. The largest absolute Gasteiger partial charge is 0.485 e. The number of benzene rings is 1. The van der Waals surface area contributed by atoms with Gasteiger partial charge in [-0.25, -0.2) is 0 Å². The number of para-hydroxylation sites is 1. The minimum absolute atomic E-state index is 0.00449. The second kappa shape index (κ2) is 5.34. The standard InChI is InChI=1S/C14H14O3/c1-2-11-6-3-4-7-13(11)17-10-12(15)14-8-5-9-16-14/h3-9H,2,10H2,1H3. The molecule has 0 amide bonds. The van der Waals surface area contributed by atoms with Gasteiger partial charge >= 0.3 is 0 Å². The lowest BCUT2D eigenvalue weighted by atomic mass is 10.1. The van der Waals surface area contributed by atoms with Gasteiger partial charge in [-0.15, -0.1) is 0 Å². The number of aryl methyl sites for hydroxylation is 1. The smallest absolute Gasteiger partial charge is 0.235 e. The van der Waals surface area contributed by atoms with Gasteiger partial charge in [-0.2, -0.15) is 0 Å². The fourth-order valence-corrected chi connectivity index (χ4v) is 1.59. The van der Waals surface area contributed by atoms with Crippen LogP contribution in [-0.4, -0.2) is 12.4 Å². The van der Waals surface area contributed by atoms with Crippen molar-refractivity contribution < 1.29 is 13.9 Å². The van der Waals surface area contributed by atoms with E-state index in [0.717, 1.165) is 17.7 Å². The Balaban J connectivity index is 2.00. The van der Waals surface area contributed by atoms with E-state index in [1.54, 1.807) is 12.1 Å². The van der Waals surface area contributed by atoms with Crippen molar-refractivity contribution in [2.24, 2.45) is 0 Å². The van der Waals surface area contributed by atoms with E-state index in [-0.39, 0.29) is 12.4 Å². The van der Waals surface area contributed by atoms with Gasteiger partial charge in [0.15, 0.2) is 12.4 Å². The molecule has 0 unspecified atom stereocenters. The Labute approximate surface area is 100 Å². The Morgan fingerprint density at radius 2 is 2.06 bits per heavy atom. The fraction of sp³-hybridized carbons (Fsp3) is 0.214. The number of ketones is 1. The van der Waals surface area contributed by atoms with Gasteiger partial charge in [0.1, 0.15) is 5.75 Å². The predicted octanol–water partition coefficient (Wildman–Crippen LogP) is 3.10. The topological polar surface area (TPSA) is 39.4 Å². The normalized spacial score (nSPS) is 10.2. The number of carbonyl (C=O) groups is 1. The predicted molar refractivity (Wildman–Crippen MR) is 64.4 cm³/mol. The van der Waals surface area contributed by atoms with E-state index in [1.807, 2.05) is 24.3 Å². The molecule has 1 heterocycles. The monoisotopic (exact) mass is 230 g/mol. The van der Waals surface area contributed by atoms with Crippen molar-refractivity contribution >= 4 is 5.78 Å². The first-order valence-electron chi connectivity index (χ1n) is 5.58. The van der Waals surface area contributed by atoms with Crippen LogP contribution in [0.15, 0.2) is 47.1 Å². The average molecular weight is 230 g/mol. The van der Waals surface area contributed by atoms with E-state index >= 15 is 0 Å². The molecule has 0 radical (unpaired) electrons. The third kappa shape index (κ3) is 2.75. The lowest BCUT2D eigenvalue weighted by Crippen LogP contribution is -2.11. The van der Waals surface area contributed by atoms with Crippen LogP contribution in [-0.2, 0) is 6.42 Å². The molecular formula is C14H14O3. The van der Waals surface area contributed by atoms with Crippen LogP contribution in [0.1, 0.15) is 23.0 Å². The lowest BCUT2D eigenvalue weighted by Gasteiger charge is -2.08. The summed E-state index contributed by atoms with van der Waals surface area (Å²) in [6, 6.07) is 11.0. The summed E-state index contributed by atoms with van der Waals surface area (Å²) >= 11 is 0. The molecule has 0 aliphatic rings. The van der Waals surface area contributed by atoms with Gasteiger partial charge in [0.05, 0.1) is 6.26 Å². The second-order valence-corrected chi connectivity index (χ2v) is 3.65. The van der Waals surface area contributed by atoms with Crippen LogP contribution in [0, 0.1) is 0 Å². The first-order chi connectivity index (χ1) is 8.31. The van der Waals surface area contributed by atoms with Crippen molar-refractivity contribution in [3.8, 4) is 5.75 Å². The molecule has 3 heteroatoms. The van der Waals surface area contributed by atoms with Crippen LogP contribution >= 0.6 is 0 Å². The van der Waals surface area contributed by atoms with Crippen molar-refractivity contribution in [2.75, 3.05) is 6.61 Å². The lowest BCUT2D eigenvalue weighted by molar-refractivity contribution is 0.0893. The first kappa shape index (κ1) is 11.5. The van der Waals surface area contributed by atoms with Crippen LogP contribution in [0.2, 0.25) is 0 Å². The quantitative estimate of drug-likeness (QED) is 0.741. The molecule has 88 valence electrons. The number of rotatable bonds is 5. The maximum atomic E-state index is 11.7. The first-order valence-corrected chi connectivity index (χ1v) is 5.58. The molecule has 0 saturated heterocycles. The summed E-state index contributed by atoms with van der Waals surface area (Å²) in [6.07, 6.45) is 2.36. The minimum Gasteiger partial charge on any atom is -0.485 e. The molecule has 0 atom stereocenters. The molecule has 0 saturated carbocycles. The number of furan rings is 1. The van der Waals surface area contributed by atoms with Crippen LogP contribution in [0.25, 0.3) is 0 Å². The van der Waals surface area contributed by atoms with Crippen molar-refractivity contribution in [3.05, 3.63) is 54.0 Å². The van der Waals surface area contributed by atoms with Gasteiger partial charge in [0.2, 0.25) is 5.78 Å². The number of hydrogen-bond acceptors (Lipinski definition) is 3. The average Bonchev–Trinajstić information content (AvgIpc) is 2.90. The Bertz CT molecular complexity index is 486. The van der Waals surface area contributed by atoms with Gasteiger partial charge < -0.3 is 9.15 Å². The third-order valence-electron chi connectivity index (χ3n) is 2.51. The molecule has 2 aromatic rings. The Morgan fingerprint density at radius 3 is 2.76 bits per heavy atom. The van der Waals surface area contributed by atoms with Gasteiger partial charge in [0.25, 0.3) is 0 Å². The highest BCUT2D eigenvalue weighted by molar-refractivity contribution is 5.94. The minimum atomic E-state index is -0.152. The third-order valence-corrected chi connectivity index (χ3v) is 2.51. The Morgan fingerprint density at radius 1 is 1.24 bits per heavy atom. The van der Waals surface area contributed by atoms with Crippen molar-refractivity contribution in [1.82, 2.24) is 0 Å². The molecule has 0 aliphatic heterocycles. The van der Waals surface area contributed by atoms with Gasteiger partial charge in [0, 0.05) is 0 Å². The van der Waals surface area contributed by atoms with E-state index in [2.05, 4.69) is 6.92 Å². The van der Waals surface area contributed by atoms with Crippen LogP contribution < -0.4 is 4.74 Å². The Kier molecular flexibility index (Phi) is 3.60. The molecule has 0 aliphatic carbocycles. The zero-order valence-corrected chi connectivity index (χ0v) is 9.68. The molecular weight excluding hydrogens is 216 g/mol. The van der Waals surface area contributed by atoms with Crippen molar-refractivity contribution in [2.45, 2.75) is 13.3 Å². The number of carbonyl (C=O) groups excluding carboxylic acids is 1. The molecule has 2 rings (SSSR count). The van der Waals surface area contributed by atoms with E-state index in [9.17, 15) is 4.79 Å². The number of Topliss-reactive ketones (excluding diaryl/α,β-unsaturated/α-hetero) is 1. The van der Waals surface area contributed by atoms with Gasteiger partial charge in [-0.1, -0.05) is 25.1 Å². The van der Waals surface area contributed by atoms with E-state index < -0.39 is 0 Å². The maximum absolute atomic E-state index is 11.7. The maximum Gasteiger partial charge on any atom is 0.235 e. The van der Waals surface area contributed by atoms with E-state index in [4.69, 9.17) is 9.15 Å². The second-order valence-electron chi connectivity index (χ2n) is 3.65. The van der Waals surface area contributed by atoms with Crippen LogP contribution in [0.5, 0.6) is 5.75 Å². The highest BCUT2D eigenvalue weighted by atomic mass is 16.5. The molecule has 17 heavy (non-hydrogen) atoms. The molecule has 1 aromatic carbocycles. The van der Waals surface area contributed by atoms with Crippen molar-refractivity contribution in [1.29, 1.82) is 0 Å². The van der Waals surface area contributed by atoms with Crippen molar-refractivity contribution in [3.63, 3.8) is 0 Å². The number of hydrogen-bond donors (Lipinski definition) is 0. The summed E-state index contributed by atoms with van der Waals surface area (Å²) in [5, 5.41) is 0. The van der Waals surface area contributed by atoms with Crippen LogP contribution in [0.3, 0.4) is 0 Å². The molecule has 0 spiro atoms. The summed E-state index contributed by atoms with van der Waals surface area (Å²) in [4.78, 5) is 11.7. The summed E-state index contributed by atoms with van der Waals surface area (Å²) in [6.45, 7) is 2.06. The molecule has 1 aromatic heterocycles. The molecule has 3 nitrogen and oxygen atoms in total. The number of ether oxygens (including phenoxy) is 1. The van der Waals surface area contributed by atoms with E-state index in [0.29, 0.717) is 5.76 Å². The summed E-state index contributed by atoms with van der Waals surface area (Å²) in [5.74, 6) is 0.940. The fourth-order valence-electron chi connectivity index (χ4n) is 1.59. The summed E-state index contributed by atoms with van der Waals surface area (Å²) in [7, 11) is 0. The van der Waals surface area contributed by atoms with E-state index in [1.165, 1.54) is 6.26 Å². The highest BCUT2D eigenvalue weighted by Crippen LogP contribution is 2.18. The highest BCUT2D eigenvalue weighted by Gasteiger charge is 2.10. The zero-order chi connectivity index (χ0) is 12.1. The summed E-state index contributed by atoms with van der Waals surface area (Å²) < 4.78 is 10.5. The van der Waals surface area contributed by atoms with Gasteiger partial charge in [-0.05, 0) is 30.2 Å². The molecule has 0 bridgehead atoms. The zero-order valence-electron chi connectivity index (χ0n) is 9.68. The van der Waals surface area contributed by atoms with Crippen LogP contribution in [0.4, 0.5) is 0 Å². The van der Waals surface area contributed by atoms with Gasteiger partial charge in [-0.3, -0.25) is 4.79 Å². The molecule has 0 N–H and O–H groups in total.